The third-order valence-electron chi connectivity index (χ3n) is 2.34. The van der Waals surface area contributed by atoms with E-state index < -0.39 is 0 Å². The van der Waals surface area contributed by atoms with Crippen molar-refractivity contribution >= 4 is 0 Å². The standard InChI is InChI=1S/2C4H9N/c2*1-3-2-4(3)5/h2*3-4H,2,5H2,1H3/t2*3-,4-/m10/s1. The van der Waals surface area contributed by atoms with E-state index in [9.17, 15) is 0 Å². The first-order valence-corrected chi connectivity index (χ1v) is 4.12. The van der Waals surface area contributed by atoms with E-state index in [1.807, 2.05) is 0 Å². The summed E-state index contributed by atoms with van der Waals surface area (Å²) in [7, 11) is 0. The van der Waals surface area contributed by atoms with Crippen molar-refractivity contribution in [3.63, 3.8) is 0 Å². The first kappa shape index (κ1) is 8.02. The summed E-state index contributed by atoms with van der Waals surface area (Å²) in [5.74, 6) is 1.66. The molecule has 0 saturated heterocycles. The summed E-state index contributed by atoms with van der Waals surface area (Å²) < 4.78 is 0. The van der Waals surface area contributed by atoms with Gasteiger partial charge in [0.05, 0.1) is 0 Å². The van der Waals surface area contributed by atoms with E-state index in [1.54, 1.807) is 0 Å². The second kappa shape index (κ2) is 2.89. The van der Waals surface area contributed by atoms with Crippen LogP contribution in [0.5, 0.6) is 0 Å². The molecule has 10 heavy (non-hydrogen) atoms. The molecule has 2 aliphatic rings. The lowest BCUT2D eigenvalue weighted by molar-refractivity contribution is 0.895. The quantitative estimate of drug-likeness (QED) is 0.523. The fourth-order valence-electron chi connectivity index (χ4n) is 0.701. The van der Waals surface area contributed by atoms with E-state index in [-0.39, 0.29) is 0 Å². The van der Waals surface area contributed by atoms with Crippen molar-refractivity contribution in [2.45, 2.75) is 38.8 Å². The van der Waals surface area contributed by atoms with Gasteiger partial charge >= 0.3 is 0 Å². The smallest absolute Gasteiger partial charge is 0.00682 e. The second-order valence-electron chi connectivity index (χ2n) is 3.75. The largest absolute Gasteiger partial charge is 0.327 e. The van der Waals surface area contributed by atoms with Crippen molar-refractivity contribution in [2.24, 2.45) is 23.3 Å². The molecule has 0 bridgehead atoms. The molecule has 0 amide bonds. The van der Waals surface area contributed by atoms with E-state index in [1.165, 1.54) is 12.8 Å². The highest BCUT2D eigenvalue weighted by Gasteiger charge is 2.27. The fourth-order valence-corrected chi connectivity index (χ4v) is 0.701. The summed E-state index contributed by atoms with van der Waals surface area (Å²) in [4.78, 5) is 0. The first-order valence-electron chi connectivity index (χ1n) is 4.12. The minimum atomic E-state index is 0.551. The van der Waals surface area contributed by atoms with Crippen LogP contribution in [0, 0.1) is 11.8 Å². The Balaban J connectivity index is 0.0000001000. The summed E-state index contributed by atoms with van der Waals surface area (Å²) >= 11 is 0. The van der Waals surface area contributed by atoms with Crippen LogP contribution in [-0.2, 0) is 0 Å². The molecule has 0 aromatic heterocycles. The maximum absolute atomic E-state index is 5.37. The number of hydrogen-bond donors (Lipinski definition) is 2. The molecule has 2 nitrogen and oxygen atoms in total. The van der Waals surface area contributed by atoms with Gasteiger partial charge in [0, 0.05) is 12.1 Å². The van der Waals surface area contributed by atoms with Gasteiger partial charge in [-0.15, -0.1) is 0 Å². The number of hydrogen-bond acceptors (Lipinski definition) is 2. The van der Waals surface area contributed by atoms with Gasteiger partial charge in [0.1, 0.15) is 0 Å². The lowest BCUT2D eigenvalue weighted by Gasteiger charge is -1.69. The topological polar surface area (TPSA) is 52.0 Å². The Kier molecular flexibility index (Phi) is 2.32. The van der Waals surface area contributed by atoms with Crippen molar-refractivity contribution in [1.29, 1.82) is 0 Å². The van der Waals surface area contributed by atoms with Crippen LogP contribution in [0.2, 0.25) is 0 Å². The molecular formula is C8H18N2. The number of rotatable bonds is 0. The molecule has 0 aromatic carbocycles. The molecule has 0 radical (unpaired) electrons. The van der Waals surface area contributed by atoms with E-state index in [2.05, 4.69) is 13.8 Å². The van der Waals surface area contributed by atoms with Crippen LogP contribution in [0.25, 0.3) is 0 Å². The van der Waals surface area contributed by atoms with Crippen LogP contribution in [0.3, 0.4) is 0 Å². The SMILES string of the molecule is C[C@@H]1C[C@H]1N.C[C@H]1C[C@@H]1N. The highest BCUT2D eigenvalue weighted by atomic mass is 14.7. The highest BCUT2D eigenvalue weighted by Crippen LogP contribution is 2.25. The molecule has 2 heteroatoms. The van der Waals surface area contributed by atoms with Gasteiger partial charge in [0.25, 0.3) is 0 Å². The fraction of sp³-hybridized carbons (Fsp3) is 1.00. The van der Waals surface area contributed by atoms with Gasteiger partial charge in [-0.2, -0.15) is 0 Å². The zero-order valence-corrected chi connectivity index (χ0v) is 6.88. The lowest BCUT2D eigenvalue weighted by Crippen LogP contribution is -1.98. The van der Waals surface area contributed by atoms with Gasteiger partial charge in [-0.25, -0.2) is 0 Å². The molecule has 4 atom stereocenters. The van der Waals surface area contributed by atoms with Crippen LogP contribution in [-0.4, -0.2) is 12.1 Å². The second-order valence-corrected chi connectivity index (χ2v) is 3.75. The third-order valence-corrected chi connectivity index (χ3v) is 2.34. The van der Waals surface area contributed by atoms with Gasteiger partial charge in [-0.3, -0.25) is 0 Å². The van der Waals surface area contributed by atoms with Crippen molar-refractivity contribution in [3.05, 3.63) is 0 Å². The molecule has 2 aliphatic carbocycles. The lowest BCUT2D eigenvalue weighted by atomic mass is 10.5. The monoisotopic (exact) mass is 142 g/mol. The van der Waals surface area contributed by atoms with E-state index >= 15 is 0 Å². The van der Waals surface area contributed by atoms with Gasteiger partial charge in [0.15, 0.2) is 0 Å². The van der Waals surface area contributed by atoms with Gasteiger partial charge in [0.2, 0.25) is 0 Å². The molecular weight excluding hydrogens is 124 g/mol. The maximum Gasteiger partial charge on any atom is 0.00682 e. The van der Waals surface area contributed by atoms with Crippen LogP contribution in [0.4, 0.5) is 0 Å². The predicted molar refractivity (Wildman–Crippen MR) is 43.5 cm³/mol. The molecule has 2 saturated carbocycles. The van der Waals surface area contributed by atoms with Crippen molar-refractivity contribution < 1.29 is 0 Å². The van der Waals surface area contributed by atoms with Gasteiger partial charge < -0.3 is 11.5 Å². The summed E-state index contributed by atoms with van der Waals surface area (Å²) in [6.45, 7) is 4.34. The zero-order chi connectivity index (χ0) is 7.72. The van der Waals surface area contributed by atoms with Crippen LogP contribution >= 0.6 is 0 Å². The Morgan fingerprint density at radius 2 is 1.00 bits per heavy atom. The summed E-state index contributed by atoms with van der Waals surface area (Å²) in [5.41, 5.74) is 10.7. The molecule has 0 spiro atoms. The molecule has 0 aromatic rings. The molecule has 2 rings (SSSR count). The van der Waals surface area contributed by atoms with Gasteiger partial charge in [-0.05, 0) is 24.7 Å². The summed E-state index contributed by atoms with van der Waals surface area (Å²) in [6.07, 6.45) is 2.50. The first-order chi connectivity index (χ1) is 4.61. The van der Waals surface area contributed by atoms with Gasteiger partial charge in [-0.1, -0.05) is 13.8 Å². The molecule has 2 fully saturated rings. The van der Waals surface area contributed by atoms with E-state index in [0.717, 1.165) is 11.8 Å². The zero-order valence-electron chi connectivity index (χ0n) is 6.88. The normalized spacial score (nSPS) is 49.2. The molecule has 0 aliphatic heterocycles. The average molecular weight is 142 g/mol. The Morgan fingerprint density at radius 1 is 0.900 bits per heavy atom. The Labute approximate surface area is 63.0 Å². The van der Waals surface area contributed by atoms with Crippen molar-refractivity contribution in [2.75, 3.05) is 0 Å². The maximum atomic E-state index is 5.37. The van der Waals surface area contributed by atoms with Crippen LogP contribution < -0.4 is 11.5 Å². The average Bonchev–Trinajstić information content (AvgIpc) is 2.62. The molecule has 60 valence electrons. The Bertz CT molecular complexity index is 87.8. The Hall–Kier alpha value is -0.0800. The van der Waals surface area contributed by atoms with Crippen molar-refractivity contribution in [3.8, 4) is 0 Å². The minimum absolute atomic E-state index is 0.551. The predicted octanol–water partition coefficient (Wildman–Crippen LogP) is 0.707. The van der Waals surface area contributed by atoms with Crippen molar-refractivity contribution in [1.82, 2.24) is 0 Å². The Morgan fingerprint density at radius 3 is 1.00 bits per heavy atom. The minimum Gasteiger partial charge on any atom is -0.327 e. The third kappa shape index (κ3) is 2.67. The summed E-state index contributed by atoms with van der Waals surface area (Å²) in [6, 6.07) is 1.10. The van der Waals surface area contributed by atoms with E-state index in [4.69, 9.17) is 11.5 Å². The molecule has 4 N–H and O–H groups in total. The highest BCUT2D eigenvalue weighted by molar-refractivity contribution is 4.85. The summed E-state index contributed by atoms with van der Waals surface area (Å²) in [5, 5.41) is 0. The van der Waals surface area contributed by atoms with E-state index in [0.29, 0.717) is 12.1 Å². The molecule has 0 heterocycles. The number of nitrogens with two attached hydrogens (primary N) is 2. The van der Waals surface area contributed by atoms with Crippen LogP contribution in [0.1, 0.15) is 26.7 Å². The molecule has 0 unspecified atom stereocenters. The van der Waals surface area contributed by atoms with Crippen LogP contribution in [0.15, 0.2) is 0 Å².